The summed E-state index contributed by atoms with van der Waals surface area (Å²) in [6, 6.07) is 7.88. The third-order valence-electron chi connectivity index (χ3n) is 3.17. The number of aryl methyl sites for hydroxylation is 1. The number of carboxylic acids is 1. The van der Waals surface area contributed by atoms with E-state index in [0.29, 0.717) is 29.4 Å². The highest BCUT2D eigenvalue weighted by Crippen LogP contribution is 2.25. The first kappa shape index (κ1) is 16.2. The van der Waals surface area contributed by atoms with Gasteiger partial charge in [0, 0.05) is 18.2 Å². The van der Waals surface area contributed by atoms with Crippen LogP contribution in [-0.4, -0.2) is 33.7 Å². The van der Waals surface area contributed by atoms with Crippen LogP contribution in [0.15, 0.2) is 28.8 Å². The van der Waals surface area contributed by atoms with Gasteiger partial charge in [0.2, 0.25) is 18.1 Å². The Kier molecular flexibility index (Phi) is 5.04. The van der Waals surface area contributed by atoms with E-state index in [1.807, 2.05) is 6.07 Å². The standard InChI is InChI=1S/C15H14N4O4/c1-10-17-15(18-23-10)11-3-2-4-12(7-11)19(9-20)13(5-6-16)8-14(21)22/h2-4,7,9,13H,5,8H2,1H3,(H,21,22). The van der Waals surface area contributed by atoms with E-state index in [0.717, 1.165) is 0 Å². The molecule has 1 heterocycles. The zero-order chi connectivity index (χ0) is 16.8. The third-order valence-corrected chi connectivity index (χ3v) is 3.17. The summed E-state index contributed by atoms with van der Waals surface area (Å²) >= 11 is 0. The van der Waals surface area contributed by atoms with Crippen molar-refractivity contribution in [1.29, 1.82) is 5.26 Å². The Morgan fingerprint density at radius 2 is 2.35 bits per heavy atom. The summed E-state index contributed by atoms with van der Waals surface area (Å²) in [7, 11) is 0. The average Bonchev–Trinajstić information content (AvgIpc) is 2.95. The highest BCUT2D eigenvalue weighted by atomic mass is 16.5. The molecular weight excluding hydrogens is 300 g/mol. The molecule has 1 amide bonds. The summed E-state index contributed by atoms with van der Waals surface area (Å²) in [6.07, 6.45) is 0.111. The maximum absolute atomic E-state index is 11.4. The fraction of sp³-hybridized carbons (Fsp3) is 0.267. The Hall–Kier alpha value is -3.21. The molecule has 0 saturated heterocycles. The van der Waals surface area contributed by atoms with Crippen LogP contribution in [0.1, 0.15) is 18.7 Å². The smallest absolute Gasteiger partial charge is 0.305 e. The number of aliphatic carboxylic acids is 1. The lowest BCUT2D eigenvalue weighted by Gasteiger charge is -2.25. The van der Waals surface area contributed by atoms with Crippen LogP contribution >= 0.6 is 0 Å². The summed E-state index contributed by atoms with van der Waals surface area (Å²) in [5.74, 6) is -0.307. The van der Waals surface area contributed by atoms with Crippen LogP contribution in [0.2, 0.25) is 0 Å². The monoisotopic (exact) mass is 314 g/mol. The lowest BCUT2D eigenvalue weighted by atomic mass is 10.1. The Morgan fingerprint density at radius 3 is 2.91 bits per heavy atom. The number of nitriles is 1. The minimum absolute atomic E-state index is 0.0867. The molecule has 0 bridgehead atoms. The number of hydrogen-bond acceptors (Lipinski definition) is 6. The van der Waals surface area contributed by atoms with Gasteiger partial charge in [0.25, 0.3) is 0 Å². The first-order valence-electron chi connectivity index (χ1n) is 6.78. The third kappa shape index (κ3) is 3.91. The van der Waals surface area contributed by atoms with Gasteiger partial charge in [0.15, 0.2) is 0 Å². The molecule has 1 aromatic carbocycles. The molecule has 1 unspecified atom stereocenters. The van der Waals surface area contributed by atoms with E-state index < -0.39 is 12.0 Å². The van der Waals surface area contributed by atoms with Crippen molar-refractivity contribution in [2.45, 2.75) is 25.8 Å². The largest absolute Gasteiger partial charge is 0.481 e. The molecule has 0 radical (unpaired) electrons. The molecule has 0 saturated carbocycles. The number of amides is 1. The lowest BCUT2D eigenvalue weighted by Crippen LogP contribution is -2.35. The topological polar surface area (TPSA) is 120 Å². The first-order chi connectivity index (χ1) is 11.0. The number of carbonyl (C=O) groups is 2. The van der Waals surface area contributed by atoms with Crippen LogP contribution in [0, 0.1) is 18.3 Å². The number of benzene rings is 1. The van der Waals surface area contributed by atoms with Gasteiger partial charge < -0.3 is 14.5 Å². The van der Waals surface area contributed by atoms with Crippen LogP contribution < -0.4 is 4.90 Å². The molecule has 1 N–H and O–H groups in total. The van der Waals surface area contributed by atoms with Crippen molar-refractivity contribution in [3.8, 4) is 17.5 Å². The SMILES string of the molecule is Cc1nc(-c2cccc(N(C=O)C(CC#N)CC(=O)O)c2)no1. The second-order valence-electron chi connectivity index (χ2n) is 4.81. The molecule has 2 aromatic rings. The number of carboxylic acid groups (broad SMARTS) is 1. The van der Waals surface area contributed by atoms with E-state index in [4.69, 9.17) is 14.9 Å². The van der Waals surface area contributed by atoms with Gasteiger partial charge in [-0.15, -0.1) is 0 Å². The molecular formula is C15H14N4O4. The predicted molar refractivity (Wildman–Crippen MR) is 79.3 cm³/mol. The summed E-state index contributed by atoms with van der Waals surface area (Å²) in [6.45, 7) is 1.66. The van der Waals surface area contributed by atoms with Gasteiger partial charge in [-0.05, 0) is 12.1 Å². The molecule has 1 aromatic heterocycles. The maximum Gasteiger partial charge on any atom is 0.305 e. The molecule has 8 heteroatoms. The fourth-order valence-corrected chi connectivity index (χ4v) is 2.16. The van der Waals surface area contributed by atoms with Gasteiger partial charge in [-0.3, -0.25) is 9.59 Å². The molecule has 0 spiro atoms. The molecule has 23 heavy (non-hydrogen) atoms. The van der Waals surface area contributed by atoms with Crippen molar-refractivity contribution in [3.63, 3.8) is 0 Å². The minimum Gasteiger partial charge on any atom is -0.481 e. The second-order valence-corrected chi connectivity index (χ2v) is 4.81. The quantitative estimate of drug-likeness (QED) is 0.773. The Bertz CT molecular complexity index is 750. The fourth-order valence-electron chi connectivity index (χ4n) is 2.16. The summed E-state index contributed by atoms with van der Waals surface area (Å²) in [5, 5.41) is 21.6. The van der Waals surface area contributed by atoms with E-state index in [-0.39, 0.29) is 12.8 Å². The van der Waals surface area contributed by atoms with E-state index >= 15 is 0 Å². The molecule has 1 atom stereocenters. The number of anilines is 1. The summed E-state index contributed by atoms with van der Waals surface area (Å²) < 4.78 is 4.92. The van der Waals surface area contributed by atoms with Gasteiger partial charge in [0.1, 0.15) is 0 Å². The van der Waals surface area contributed by atoms with Crippen LogP contribution in [-0.2, 0) is 9.59 Å². The molecule has 118 valence electrons. The van der Waals surface area contributed by atoms with Crippen LogP contribution in [0.4, 0.5) is 5.69 Å². The van der Waals surface area contributed by atoms with Crippen molar-refractivity contribution in [1.82, 2.24) is 10.1 Å². The van der Waals surface area contributed by atoms with Gasteiger partial charge in [-0.25, -0.2) is 0 Å². The molecule has 0 fully saturated rings. The van der Waals surface area contributed by atoms with E-state index in [1.54, 1.807) is 31.2 Å². The van der Waals surface area contributed by atoms with Gasteiger partial charge >= 0.3 is 5.97 Å². The van der Waals surface area contributed by atoms with Crippen LogP contribution in [0.3, 0.4) is 0 Å². The number of nitrogens with zero attached hydrogens (tertiary/aromatic N) is 4. The van der Waals surface area contributed by atoms with Crippen LogP contribution in [0.5, 0.6) is 0 Å². The number of aromatic nitrogens is 2. The number of hydrogen-bond donors (Lipinski definition) is 1. The average molecular weight is 314 g/mol. The molecule has 8 nitrogen and oxygen atoms in total. The predicted octanol–water partition coefficient (Wildman–Crippen LogP) is 1.76. The molecule has 0 aliphatic heterocycles. The number of rotatable bonds is 7. The van der Waals surface area contributed by atoms with Gasteiger partial charge in [0.05, 0.1) is 25.0 Å². The molecule has 0 aliphatic rings. The van der Waals surface area contributed by atoms with Crippen molar-refractivity contribution in [2.75, 3.05) is 4.90 Å². The molecule has 0 aliphatic carbocycles. The van der Waals surface area contributed by atoms with Crippen molar-refractivity contribution in [3.05, 3.63) is 30.2 Å². The number of carbonyl (C=O) groups excluding carboxylic acids is 1. The minimum atomic E-state index is -1.08. The van der Waals surface area contributed by atoms with Crippen LogP contribution in [0.25, 0.3) is 11.4 Å². The van der Waals surface area contributed by atoms with E-state index in [1.165, 1.54) is 4.90 Å². The van der Waals surface area contributed by atoms with Crippen molar-refractivity contribution < 1.29 is 19.2 Å². The highest BCUT2D eigenvalue weighted by molar-refractivity contribution is 5.80. The van der Waals surface area contributed by atoms with E-state index in [2.05, 4.69) is 10.1 Å². The Morgan fingerprint density at radius 1 is 1.57 bits per heavy atom. The molecule has 2 rings (SSSR count). The Balaban J connectivity index is 2.35. The zero-order valence-corrected chi connectivity index (χ0v) is 12.3. The highest BCUT2D eigenvalue weighted by Gasteiger charge is 2.22. The summed E-state index contributed by atoms with van der Waals surface area (Å²) in [4.78, 5) is 27.7. The normalized spacial score (nSPS) is 11.5. The zero-order valence-electron chi connectivity index (χ0n) is 12.3. The van der Waals surface area contributed by atoms with Crippen molar-refractivity contribution >= 4 is 18.1 Å². The second kappa shape index (κ2) is 7.17. The lowest BCUT2D eigenvalue weighted by molar-refractivity contribution is -0.137. The first-order valence-corrected chi connectivity index (χ1v) is 6.78. The maximum atomic E-state index is 11.4. The van der Waals surface area contributed by atoms with E-state index in [9.17, 15) is 9.59 Å². The summed E-state index contributed by atoms with van der Waals surface area (Å²) in [5.41, 5.74) is 1.08. The Labute approximate surface area is 131 Å². The van der Waals surface area contributed by atoms with Gasteiger partial charge in [-0.2, -0.15) is 10.2 Å². The van der Waals surface area contributed by atoms with Crippen molar-refractivity contribution in [2.24, 2.45) is 0 Å². The van der Waals surface area contributed by atoms with Gasteiger partial charge in [-0.1, -0.05) is 17.3 Å².